The predicted molar refractivity (Wildman–Crippen MR) is 131 cm³/mol. The first-order valence-electron chi connectivity index (χ1n) is 12.3. The van der Waals surface area contributed by atoms with Gasteiger partial charge in [0.05, 0.1) is 46.2 Å². The molecule has 12 heteroatoms. The van der Waals surface area contributed by atoms with Crippen molar-refractivity contribution in [2.75, 3.05) is 19.8 Å². The number of nitro benzene ring substituents is 2. The third-order valence-corrected chi connectivity index (χ3v) is 6.95. The fourth-order valence-electron chi connectivity index (χ4n) is 4.61. The second-order valence-electron chi connectivity index (χ2n) is 9.47. The predicted octanol–water partition coefficient (Wildman–Crippen LogP) is 4.45. The van der Waals surface area contributed by atoms with Gasteiger partial charge in [0, 0.05) is 25.0 Å². The first-order chi connectivity index (χ1) is 18.2. The van der Waals surface area contributed by atoms with Gasteiger partial charge in [-0.3, -0.25) is 20.2 Å². The van der Waals surface area contributed by atoms with E-state index in [0.29, 0.717) is 24.5 Å². The smallest absolute Gasteiger partial charge is 0.338 e. The molecule has 0 N–H and O–H groups in total. The number of hydrogen-bond donors (Lipinski definition) is 0. The van der Waals surface area contributed by atoms with Gasteiger partial charge in [0.15, 0.2) is 5.79 Å². The molecule has 1 spiro atoms. The van der Waals surface area contributed by atoms with E-state index in [1.807, 2.05) is 0 Å². The van der Waals surface area contributed by atoms with Crippen molar-refractivity contribution in [2.24, 2.45) is 11.8 Å². The third kappa shape index (κ3) is 6.32. The van der Waals surface area contributed by atoms with Crippen LogP contribution in [0, 0.1) is 32.1 Å². The van der Waals surface area contributed by atoms with Crippen molar-refractivity contribution in [1.82, 2.24) is 0 Å². The topological polar surface area (TPSA) is 157 Å². The minimum atomic E-state index is -0.981. The Kier molecular flexibility index (Phi) is 8.32. The summed E-state index contributed by atoms with van der Waals surface area (Å²) in [5.41, 5.74) is -1.19. The van der Waals surface area contributed by atoms with E-state index < -0.39 is 51.0 Å². The first kappa shape index (κ1) is 27.1. The highest BCUT2D eigenvalue weighted by atomic mass is 16.7. The lowest BCUT2D eigenvalue weighted by Crippen LogP contribution is -2.53. The summed E-state index contributed by atoms with van der Waals surface area (Å²) in [7, 11) is 0. The average Bonchev–Trinajstić information content (AvgIpc) is 2.93. The molecule has 0 amide bonds. The molecule has 0 bridgehead atoms. The van der Waals surface area contributed by atoms with Crippen molar-refractivity contribution in [2.45, 2.75) is 44.5 Å². The van der Waals surface area contributed by atoms with Gasteiger partial charge in [-0.05, 0) is 24.5 Å². The summed E-state index contributed by atoms with van der Waals surface area (Å²) in [5.74, 6) is -2.67. The highest BCUT2D eigenvalue weighted by Gasteiger charge is 2.47. The molecule has 202 valence electrons. The normalized spacial score (nSPS) is 24.9. The van der Waals surface area contributed by atoms with Gasteiger partial charge < -0.3 is 18.9 Å². The van der Waals surface area contributed by atoms with Crippen LogP contribution in [-0.4, -0.2) is 53.5 Å². The molecule has 2 aromatic carbocycles. The van der Waals surface area contributed by atoms with Crippen molar-refractivity contribution in [3.63, 3.8) is 0 Å². The number of carbonyl (C=O) groups excluding carboxylic acids is 2. The van der Waals surface area contributed by atoms with E-state index in [-0.39, 0.29) is 25.2 Å². The molecule has 4 atom stereocenters. The fourth-order valence-corrected chi connectivity index (χ4v) is 4.61. The zero-order chi connectivity index (χ0) is 27.3. The fraction of sp³-hybridized carbons (Fsp3) is 0.462. The molecular weight excluding hydrogens is 500 g/mol. The van der Waals surface area contributed by atoms with Crippen LogP contribution in [-0.2, 0) is 18.9 Å². The summed E-state index contributed by atoms with van der Waals surface area (Å²) in [5, 5.41) is 22.5. The standard InChI is InChI=1S/C26H28N2O10/c1-2-17-8-9-26(36-14-17)13-23(20(16-37-26)15-35-24(29)18-6-4-3-5-7-18)38-25(30)19-10-21(27(31)32)12-22(11-19)28(33)34/h3-7,10-12,17,20,23H,2,8-9,13-16H2,1H3/t17-,20-,23-,26-/m1/s1. The number of benzene rings is 2. The molecule has 2 aromatic rings. The van der Waals surface area contributed by atoms with Crippen LogP contribution in [0.25, 0.3) is 0 Å². The number of nitro groups is 2. The van der Waals surface area contributed by atoms with Crippen LogP contribution in [0.2, 0.25) is 0 Å². The van der Waals surface area contributed by atoms with E-state index in [0.717, 1.165) is 31.0 Å². The van der Waals surface area contributed by atoms with E-state index in [9.17, 15) is 29.8 Å². The Morgan fingerprint density at radius 3 is 2.21 bits per heavy atom. The van der Waals surface area contributed by atoms with Gasteiger partial charge in [-0.1, -0.05) is 31.5 Å². The van der Waals surface area contributed by atoms with E-state index in [4.69, 9.17) is 18.9 Å². The van der Waals surface area contributed by atoms with Crippen molar-refractivity contribution < 1.29 is 38.4 Å². The molecule has 2 aliphatic heterocycles. The number of rotatable bonds is 8. The van der Waals surface area contributed by atoms with Crippen LogP contribution >= 0.6 is 0 Å². The number of esters is 2. The molecule has 2 fully saturated rings. The number of non-ortho nitro benzene ring substituents is 2. The number of nitrogens with zero attached hydrogens (tertiary/aromatic N) is 2. The van der Waals surface area contributed by atoms with Crippen LogP contribution in [0.3, 0.4) is 0 Å². The second kappa shape index (κ2) is 11.7. The van der Waals surface area contributed by atoms with E-state index in [2.05, 4.69) is 6.92 Å². The molecule has 2 aliphatic rings. The van der Waals surface area contributed by atoms with Gasteiger partial charge in [-0.2, -0.15) is 0 Å². The molecule has 0 aliphatic carbocycles. The minimum absolute atomic E-state index is 0.0753. The Labute approximate surface area is 218 Å². The maximum atomic E-state index is 13.1. The molecular formula is C26H28N2O10. The number of ether oxygens (including phenoxy) is 4. The maximum absolute atomic E-state index is 13.1. The van der Waals surface area contributed by atoms with Gasteiger partial charge in [-0.15, -0.1) is 0 Å². The molecule has 38 heavy (non-hydrogen) atoms. The van der Waals surface area contributed by atoms with Crippen molar-refractivity contribution >= 4 is 23.3 Å². The number of hydrogen-bond acceptors (Lipinski definition) is 10. The number of carbonyl (C=O) groups is 2. The SMILES string of the molecule is CC[C@@H]1CC[C@@]2(C[C@@H](OC(=O)c3cc([N+](=O)[O-])cc([N+](=O)[O-])c3)[C@H](COC(=O)c3ccccc3)CO2)OC1. The lowest BCUT2D eigenvalue weighted by Gasteiger charge is -2.46. The Hall–Kier alpha value is -3.90. The van der Waals surface area contributed by atoms with Crippen LogP contribution in [0.15, 0.2) is 48.5 Å². The molecule has 0 aromatic heterocycles. The average molecular weight is 529 g/mol. The van der Waals surface area contributed by atoms with E-state index >= 15 is 0 Å². The van der Waals surface area contributed by atoms with Crippen LogP contribution in [0.4, 0.5) is 11.4 Å². The Morgan fingerprint density at radius 1 is 0.974 bits per heavy atom. The summed E-state index contributed by atoms with van der Waals surface area (Å²) in [6.45, 7) is 2.52. The van der Waals surface area contributed by atoms with Crippen molar-refractivity contribution in [1.29, 1.82) is 0 Å². The van der Waals surface area contributed by atoms with Gasteiger partial charge in [0.1, 0.15) is 12.7 Å². The first-order valence-corrected chi connectivity index (χ1v) is 12.3. The summed E-state index contributed by atoms with van der Waals surface area (Å²) in [4.78, 5) is 46.4. The van der Waals surface area contributed by atoms with Crippen LogP contribution in [0.1, 0.15) is 53.3 Å². The molecule has 12 nitrogen and oxygen atoms in total. The summed E-state index contributed by atoms with van der Waals surface area (Å²) in [6.07, 6.45) is 1.72. The zero-order valence-corrected chi connectivity index (χ0v) is 20.8. The van der Waals surface area contributed by atoms with E-state index in [1.165, 1.54) is 0 Å². The van der Waals surface area contributed by atoms with Crippen molar-refractivity contribution in [3.8, 4) is 0 Å². The van der Waals surface area contributed by atoms with Gasteiger partial charge in [0.25, 0.3) is 11.4 Å². The molecule has 2 saturated heterocycles. The minimum Gasteiger partial charge on any atom is -0.462 e. The largest absolute Gasteiger partial charge is 0.462 e. The van der Waals surface area contributed by atoms with Crippen LogP contribution in [0.5, 0.6) is 0 Å². The van der Waals surface area contributed by atoms with Crippen LogP contribution < -0.4 is 0 Å². The quantitative estimate of drug-likeness (QED) is 0.272. The maximum Gasteiger partial charge on any atom is 0.338 e. The van der Waals surface area contributed by atoms with Gasteiger partial charge >= 0.3 is 11.9 Å². The lowest BCUT2D eigenvalue weighted by molar-refractivity contribution is -0.394. The van der Waals surface area contributed by atoms with E-state index in [1.54, 1.807) is 30.3 Å². The molecule has 0 saturated carbocycles. The Bertz CT molecular complexity index is 1160. The summed E-state index contributed by atoms with van der Waals surface area (Å²) < 4.78 is 23.4. The van der Waals surface area contributed by atoms with Gasteiger partial charge in [-0.25, -0.2) is 9.59 Å². The second-order valence-corrected chi connectivity index (χ2v) is 9.47. The molecule has 0 radical (unpaired) electrons. The summed E-state index contributed by atoms with van der Waals surface area (Å²) >= 11 is 0. The molecule has 2 heterocycles. The van der Waals surface area contributed by atoms with Gasteiger partial charge in [0.2, 0.25) is 0 Å². The highest BCUT2D eigenvalue weighted by molar-refractivity contribution is 5.91. The Morgan fingerprint density at radius 2 is 1.63 bits per heavy atom. The molecule has 4 rings (SSSR count). The van der Waals surface area contributed by atoms with Crippen molar-refractivity contribution in [3.05, 3.63) is 79.9 Å². The Balaban J connectivity index is 1.53. The highest BCUT2D eigenvalue weighted by Crippen LogP contribution is 2.40. The zero-order valence-electron chi connectivity index (χ0n) is 20.8. The summed E-state index contributed by atoms with van der Waals surface area (Å²) in [6, 6.07) is 11.0. The third-order valence-electron chi connectivity index (χ3n) is 6.95. The monoisotopic (exact) mass is 528 g/mol. The molecule has 0 unspecified atom stereocenters. The lowest BCUT2D eigenvalue weighted by atomic mass is 9.86.